The molecule has 1 N–H and O–H groups in total. The molecule has 2 aromatic rings. The normalized spacial score (nSPS) is 10.5. The zero-order valence-corrected chi connectivity index (χ0v) is 7.22. The van der Waals surface area contributed by atoms with Gasteiger partial charge in [0.2, 0.25) is 5.88 Å². The van der Waals surface area contributed by atoms with Gasteiger partial charge in [0.1, 0.15) is 5.65 Å². The van der Waals surface area contributed by atoms with Crippen molar-refractivity contribution in [1.82, 2.24) is 9.97 Å². The lowest BCUT2D eigenvalue weighted by molar-refractivity contribution is 0.399. The van der Waals surface area contributed by atoms with Crippen LogP contribution in [0.5, 0.6) is 5.88 Å². The molecular formula is C8H7ClN2O. The van der Waals surface area contributed by atoms with Crippen molar-refractivity contribution in [2.45, 2.75) is 0 Å². The number of nitrogens with zero attached hydrogens (tertiary/aromatic N) is 1. The lowest BCUT2D eigenvalue weighted by Gasteiger charge is -1.96. The van der Waals surface area contributed by atoms with Crippen LogP contribution < -0.4 is 4.74 Å². The number of fused-ring (bicyclic) bond motifs is 1. The predicted molar refractivity (Wildman–Crippen MR) is 47.7 cm³/mol. The Hall–Kier alpha value is -1.22. The van der Waals surface area contributed by atoms with Gasteiger partial charge >= 0.3 is 0 Å². The first-order valence-electron chi connectivity index (χ1n) is 3.49. The van der Waals surface area contributed by atoms with Gasteiger partial charge in [-0.05, 0) is 6.07 Å². The molecule has 0 amide bonds. The van der Waals surface area contributed by atoms with Crippen LogP contribution in [0.2, 0.25) is 5.02 Å². The van der Waals surface area contributed by atoms with Gasteiger partial charge in [0.05, 0.1) is 12.1 Å². The summed E-state index contributed by atoms with van der Waals surface area (Å²) < 4.78 is 4.96. The Balaban J connectivity index is 2.69. The van der Waals surface area contributed by atoms with Crippen molar-refractivity contribution in [2.75, 3.05) is 7.11 Å². The Morgan fingerprint density at radius 1 is 1.50 bits per heavy atom. The molecule has 0 atom stereocenters. The number of hydrogen-bond donors (Lipinski definition) is 1. The molecule has 0 aromatic carbocycles. The number of aromatic amines is 1. The molecule has 0 bridgehead atoms. The molecule has 0 radical (unpaired) electrons. The Labute approximate surface area is 74.3 Å². The van der Waals surface area contributed by atoms with Crippen molar-refractivity contribution in [3.63, 3.8) is 0 Å². The topological polar surface area (TPSA) is 37.9 Å². The van der Waals surface area contributed by atoms with Crippen LogP contribution in [-0.2, 0) is 0 Å². The van der Waals surface area contributed by atoms with Crippen LogP contribution in [0.25, 0.3) is 11.0 Å². The maximum Gasteiger partial charge on any atom is 0.214 e. The molecule has 0 aliphatic rings. The average molecular weight is 183 g/mol. The summed E-state index contributed by atoms with van der Waals surface area (Å²) in [6.45, 7) is 0. The van der Waals surface area contributed by atoms with E-state index in [-0.39, 0.29) is 0 Å². The van der Waals surface area contributed by atoms with Crippen LogP contribution in [0.3, 0.4) is 0 Å². The second-order valence-electron chi connectivity index (χ2n) is 2.39. The number of aromatic nitrogens is 2. The maximum absolute atomic E-state index is 5.86. The van der Waals surface area contributed by atoms with Gasteiger partial charge in [-0.2, -0.15) is 4.98 Å². The summed E-state index contributed by atoms with van der Waals surface area (Å²) >= 11 is 5.86. The second-order valence-corrected chi connectivity index (χ2v) is 2.79. The molecule has 12 heavy (non-hydrogen) atoms. The van der Waals surface area contributed by atoms with Crippen LogP contribution >= 0.6 is 11.6 Å². The first-order chi connectivity index (χ1) is 5.81. The summed E-state index contributed by atoms with van der Waals surface area (Å²) in [7, 11) is 1.58. The first-order valence-corrected chi connectivity index (χ1v) is 3.86. The quantitative estimate of drug-likeness (QED) is 0.735. The number of H-pyrrole nitrogens is 1. The van der Waals surface area contributed by atoms with E-state index in [4.69, 9.17) is 16.3 Å². The molecule has 0 saturated heterocycles. The van der Waals surface area contributed by atoms with Crippen molar-refractivity contribution in [2.24, 2.45) is 0 Å². The standard InChI is InChI=1S/C8H7ClN2O/c1-12-7-3-2-5-6(9)4-10-8(5)11-7/h2-4H,1H3,(H,10,11). The Bertz CT molecular complexity index is 410. The highest BCUT2D eigenvalue weighted by molar-refractivity contribution is 6.35. The van der Waals surface area contributed by atoms with E-state index in [1.165, 1.54) is 0 Å². The van der Waals surface area contributed by atoms with E-state index in [9.17, 15) is 0 Å². The summed E-state index contributed by atoms with van der Waals surface area (Å²) in [5, 5.41) is 1.60. The molecule has 0 saturated carbocycles. The number of pyridine rings is 1. The van der Waals surface area contributed by atoms with E-state index in [1.54, 1.807) is 19.4 Å². The van der Waals surface area contributed by atoms with Crippen LogP contribution in [0, 0.1) is 0 Å². The average Bonchev–Trinajstić information content (AvgIpc) is 2.47. The minimum absolute atomic E-state index is 0.584. The highest BCUT2D eigenvalue weighted by Crippen LogP contribution is 2.23. The van der Waals surface area contributed by atoms with Crippen LogP contribution in [-0.4, -0.2) is 17.1 Å². The molecule has 2 rings (SSSR count). The third-order valence-corrected chi connectivity index (χ3v) is 1.98. The highest BCUT2D eigenvalue weighted by atomic mass is 35.5. The Kier molecular flexibility index (Phi) is 1.66. The Morgan fingerprint density at radius 3 is 3.08 bits per heavy atom. The zero-order valence-electron chi connectivity index (χ0n) is 6.47. The van der Waals surface area contributed by atoms with E-state index < -0.39 is 0 Å². The third kappa shape index (κ3) is 1.02. The molecular weight excluding hydrogens is 176 g/mol. The number of hydrogen-bond acceptors (Lipinski definition) is 2. The molecule has 3 nitrogen and oxygen atoms in total. The van der Waals surface area contributed by atoms with E-state index in [2.05, 4.69) is 9.97 Å². The monoisotopic (exact) mass is 182 g/mol. The molecule has 0 spiro atoms. The largest absolute Gasteiger partial charge is 0.481 e. The fourth-order valence-electron chi connectivity index (χ4n) is 1.07. The zero-order chi connectivity index (χ0) is 8.55. The summed E-state index contributed by atoms with van der Waals surface area (Å²) in [6, 6.07) is 3.65. The minimum Gasteiger partial charge on any atom is -0.481 e. The van der Waals surface area contributed by atoms with Gasteiger partial charge in [-0.15, -0.1) is 0 Å². The van der Waals surface area contributed by atoms with Gasteiger partial charge in [-0.1, -0.05) is 11.6 Å². The maximum atomic E-state index is 5.86. The first kappa shape index (κ1) is 7.43. The van der Waals surface area contributed by atoms with Gasteiger partial charge in [-0.3, -0.25) is 0 Å². The van der Waals surface area contributed by atoms with Gasteiger partial charge in [-0.25, -0.2) is 0 Å². The Morgan fingerprint density at radius 2 is 2.33 bits per heavy atom. The van der Waals surface area contributed by atoms with Crippen molar-refractivity contribution in [1.29, 1.82) is 0 Å². The summed E-state index contributed by atoms with van der Waals surface area (Å²) in [4.78, 5) is 7.09. The number of methoxy groups -OCH3 is 1. The number of ether oxygens (including phenoxy) is 1. The third-order valence-electron chi connectivity index (χ3n) is 1.67. The van der Waals surface area contributed by atoms with Crippen molar-refractivity contribution >= 4 is 22.6 Å². The molecule has 0 aliphatic carbocycles. The minimum atomic E-state index is 0.584. The van der Waals surface area contributed by atoms with Crippen LogP contribution in [0.1, 0.15) is 0 Å². The lowest BCUT2D eigenvalue weighted by atomic mass is 10.3. The van der Waals surface area contributed by atoms with Gasteiger partial charge in [0, 0.05) is 17.6 Å². The fraction of sp³-hybridized carbons (Fsp3) is 0.125. The van der Waals surface area contributed by atoms with Crippen molar-refractivity contribution in [3.05, 3.63) is 23.4 Å². The van der Waals surface area contributed by atoms with Crippen LogP contribution in [0.4, 0.5) is 0 Å². The molecule has 4 heteroatoms. The highest BCUT2D eigenvalue weighted by Gasteiger charge is 2.02. The summed E-state index contributed by atoms with van der Waals surface area (Å²) in [6.07, 6.45) is 1.71. The summed E-state index contributed by atoms with van der Waals surface area (Å²) in [5.74, 6) is 0.584. The molecule has 2 aromatic heterocycles. The van der Waals surface area contributed by atoms with E-state index in [1.807, 2.05) is 6.07 Å². The van der Waals surface area contributed by atoms with E-state index in [0.29, 0.717) is 10.9 Å². The number of nitrogens with one attached hydrogen (secondary N) is 1. The van der Waals surface area contributed by atoms with Crippen molar-refractivity contribution < 1.29 is 4.74 Å². The predicted octanol–water partition coefficient (Wildman–Crippen LogP) is 2.22. The van der Waals surface area contributed by atoms with Gasteiger partial charge < -0.3 is 9.72 Å². The molecule has 2 heterocycles. The number of rotatable bonds is 1. The van der Waals surface area contributed by atoms with E-state index in [0.717, 1.165) is 11.0 Å². The van der Waals surface area contributed by atoms with Gasteiger partial charge in [0.25, 0.3) is 0 Å². The molecule has 0 aliphatic heterocycles. The molecule has 62 valence electrons. The molecule has 0 fully saturated rings. The van der Waals surface area contributed by atoms with Crippen molar-refractivity contribution in [3.8, 4) is 5.88 Å². The molecule has 0 unspecified atom stereocenters. The lowest BCUT2D eigenvalue weighted by Crippen LogP contribution is -1.86. The smallest absolute Gasteiger partial charge is 0.214 e. The SMILES string of the molecule is COc1ccc2c(Cl)c[nH]c2n1. The van der Waals surface area contributed by atoms with Gasteiger partial charge in [0.15, 0.2) is 0 Å². The summed E-state index contributed by atoms with van der Waals surface area (Å²) in [5.41, 5.74) is 0.749. The van der Waals surface area contributed by atoms with E-state index >= 15 is 0 Å². The number of halogens is 1. The van der Waals surface area contributed by atoms with Crippen LogP contribution in [0.15, 0.2) is 18.3 Å². The second kappa shape index (κ2) is 2.68. The fourth-order valence-corrected chi connectivity index (χ4v) is 1.27.